The molecule has 1 rings (SSSR count). The van der Waals surface area contributed by atoms with E-state index < -0.39 is 21.8 Å². The largest absolute Gasteiger partial charge is 0.465 e. The summed E-state index contributed by atoms with van der Waals surface area (Å²) in [5.74, 6) is -1.29. The van der Waals surface area contributed by atoms with Crippen LogP contribution in [-0.4, -0.2) is 38.4 Å². The Kier molecular flexibility index (Phi) is 6.09. The molecule has 5 nitrogen and oxygen atoms in total. The van der Waals surface area contributed by atoms with E-state index in [-0.39, 0.29) is 25.4 Å². The maximum atomic E-state index is 12.8. The molecule has 1 aromatic rings. The van der Waals surface area contributed by atoms with Crippen molar-refractivity contribution in [1.82, 2.24) is 4.31 Å². The van der Waals surface area contributed by atoms with Crippen LogP contribution in [0.25, 0.3) is 0 Å². The average molecular weight is 303 g/mol. The summed E-state index contributed by atoms with van der Waals surface area (Å²) in [6.45, 7) is 3.35. The van der Waals surface area contributed by atoms with E-state index in [1.165, 1.54) is 24.3 Å². The number of sulfonamides is 1. The number of rotatable bonds is 7. The molecule has 0 spiro atoms. The lowest BCUT2D eigenvalue weighted by Gasteiger charge is -2.19. The summed E-state index contributed by atoms with van der Waals surface area (Å²) in [4.78, 5) is 11.4. The molecular weight excluding hydrogens is 285 g/mol. The van der Waals surface area contributed by atoms with Crippen molar-refractivity contribution in [2.45, 2.75) is 19.6 Å². The van der Waals surface area contributed by atoms with Gasteiger partial charge in [0.1, 0.15) is 12.4 Å². The maximum absolute atomic E-state index is 12.8. The Morgan fingerprint density at radius 3 is 2.35 bits per heavy atom. The summed E-state index contributed by atoms with van der Waals surface area (Å²) in [5.41, 5.74) is 0.466. The first-order valence-electron chi connectivity index (χ1n) is 6.27. The Labute approximate surface area is 118 Å². The molecule has 0 radical (unpaired) electrons. The topological polar surface area (TPSA) is 63.7 Å². The van der Waals surface area contributed by atoms with Gasteiger partial charge in [-0.3, -0.25) is 4.79 Å². The molecule has 0 unspecified atom stereocenters. The van der Waals surface area contributed by atoms with Crippen molar-refractivity contribution in [2.24, 2.45) is 0 Å². The molecule has 0 bridgehead atoms. The van der Waals surface area contributed by atoms with Crippen LogP contribution < -0.4 is 0 Å². The third-order valence-corrected chi connectivity index (χ3v) is 4.49. The Balaban J connectivity index is 2.79. The van der Waals surface area contributed by atoms with E-state index in [1.807, 2.05) is 0 Å². The zero-order chi connectivity index (χ0) is 15.2. The molecule has 0 aliphatic carbocycles. The van der Waals surface area contributed by atoms with Gasteiger partial charge in [0, 0.05) is 6.54 Å². The van der Waals surface area contributed by atoms with Crippen LogP contribution in [0.4, 0.5) is 4.39 Å². The second kappa shape index (κ2) is 7.35. The van der Waals surface area contributed by atoms with Gasteiger partial charge >= 0.3 is 5.97 Å². The van der Waals surface area contributed by atoms with Crippen LogP contribution in [0.3, 0.4) is 0 Å². The summed E-state index contributed by atoms with van der Waals surface area (Å²) in [7, 11) is -3.64. The number of likely N-dealkylation sites (N-methyl/N-ethyl adjacent to an activating group) is 1. The van der Waals surface area contributed by atoms with Crippen LogP contribution in [0.2, 0.25) is 0 Å². The van der Waals surface area contributed by atoms with Gasteiger partial charge < -0.3 is 4.74 Å². The molecule has 1 aromatic carbocycles. The molecule has 0 saturated heterocycles. The molecule has 0 atom stereocenters. The third-order valence-electron chi connectivity index (χ3n) is 2.62. The van der Waals surface area contributed by atoms with E-state index in [9.17, 15) is 17.6 Å². The number of hydrogen-bond donors (Lipinski definition) is 0. The molecule has 0 N–H and O–H groups in total. The highest BCUT2D eigenvalue weighted by Gasteiger charge is 2.24. The maximum Gasteiger partial charge on any atom is 0.321 e. The molecule has 0 aromatic heterocycles. The molecule has 0 heterocycles. The number of ether oxygens (including phenoxy) is 1. The number of carbonyl (C=O) groups excluding carboxylic acids is 1. The molecule has 7 heteroatoms. The predicted octanol–water partition coefficient (Wildman–Crippen LogP) is 1.54. The molecule has 0 aliphatic heterocycles. The summed E-state index contributed by atoms with van der Waals surface area (Å²) < 4.78 is 42.9. The fourth-order valence-electron chi connectivity index (χ4n) is 1.64. The lowest BCUT2D eigenvalue weighted by atomic mass is 10.2. The number of benzene rings is 1. The van der Waals surface area contributed by atoms with Crippen molar-refractivity contribution in [1.29, 1.82) is 0 Å². The average Bonchev–Trinajstić information content (AvgIpc) is 2.38. The van der Waals surface area contributed by atoms with E-state index in [1.54, 1.807) is 13.8 Å². The number of esters is 1. The molecule has 0 aliphatic rings. The monoisotopic (exact) mass is 303 g/mol. The van der Waals surface area contributed by atoms with E-state index in [0.29, 0.717) is 5.56 Å². The highest BCUT2D eigenvalue weighted by atomic mass is 32.2. The van der Waals surface area contributed by atoms with Gasteiger partial charge in [-0.2, -0.15) is 4.31 Å². The zero-order valence-corrected chi connectivity index (χ0v) is 12.3. The van der Waals surface area contributed by atoms with Gasteiger partial charge in [0.05, 0.1) is 12.4 Å². The van der Waals surface area contributed by atoms with Gasteiger partial charge in [-0.15, -0.1) is 0 Å². The first kappa shape index (κ1) is 16.6. The van der Waals surface area contributed by atoms with Crippen molar-refractivity contribution < 1.29 is 22.3 Å². The molecule has 0 saturated carbocycles. The fraction of sp³-hybridized carbons (Fsp3) is 0.462. The van der Waals surface area contributed by atoms with E-state index >= 15 is 0 Å². The van der Waals surface area contributed by atoms with E-state index in [0.717, 1.165) is 4.31 Å². The van der Waals surface area contributed by atoms with Crippen molar-refractivity contribution in [3.63, 3.8) is 0 Å². The number of hydrogen-bond acceptors (Lipinski definition) is 4. The summed E-state index contributed by atoms with van der Waals surface area (Å²) in [6.07, 6.45) is 0. The second-order valence-electron chi connectivity index (χ2n) is 4.11. The summed E-state index contributed by atoms with van der Waals surface area (Å²) in [6, 6.07) is 5.22. The van der Waals surface area contributed by atoms with Crippen molar-refractivity contribution in [2.75, 3.05) is 19.7 Å². The smallest absolute Gasteiger partial charge is 0.321 e. The second-order valence-corrected chi connectivity index (χ2v) is 6.08. The normalized spacial score (nSPS) is 11.6. The number of carbonyl (C=O) groups is 1. The van der Waals surface area contributed by atoms with Crippen LogP contribution >= 0.6 is 0 Å². The Bertz CT molecular complexity index is 542. The predicted molar refractivity (Wildman–Crippen MR) is 72.9 cm³/mol. The van der Waals surface area contributed by atoms with Gasteiger partial charge in [0.2, 0.25) is 10.0 Å². The van der Waals surface area contributed by atoms with Crippen LogP contribution in [-0.2, 0) is 25.3 Å². The van der Waals surface area contributed by atoms with Crippen LogP contribution in [0.5, 0.6) is 0 Å². The van der Waals surface area contributed by atoms with E-state index in [2.05, 4.69) is 0 Å². The number of nitrogens with zero attached hydrogens (tertiary/aromatic N) is 1. The Hall–Kier alpha value is -1.47. The minimum Gasteiger partial charge on any atom is -0.465 e. The van der Waals surface area contributed by atoms with Crippen molar-refractivity contribution >= 4 is 16.0 Å². The lowest BCUT2D eigenvalue weighted by molar-refractivity contribution is -0.143. The SMILES string of the molecule is CCOC(=O)CN(CC)S(=O)(=O)Cc1ccc(F)cc1. The van der Waals surface area contributed by atoms with Gasteiger partial charge in [0.25, 0.3) is 0 Å². The molecule has 0 fully saturated rings. The summed E-state index contributed by atoms with van der Waals surface area (Å²) >= 11 is 0. The van der Waals surface area contributed by atoms with E-state index in [4.69, 9.17) is 4.74 Å². The van der Waals surface area contributed by atoms with Gasteiger partial charge in [-0.05, 0) is 24.6 Å². The third kappa shape index (κ3) is 4.90. The van der Waals surface area contributed by atoms with Crippen molar-refractivity contribution in [3.05, 3.63) is 35.6 Å². The minimum atomic E-state index is -3.64. The fourth-order valence-corrected chi connectivity index (χ4v) is 3.13. The standard InChI is InChI=1S/C13H18FNO4S/c1-3-15(9-13(16)19-4-2)20(17,18)10-11-5-7-12(14)8-6-11/h5-8H,3-4,9-10H2,1-2H3. The highest BCUT2D eigenvalue weighted by molar-refractivity contribution is 7.88. The van der Waals surface area contributed by atoms with Gasteiger partial charge in [-0.25, -0.2) is 12.8 Å². The Morgan fingerprint density at radius 1 is 1.25 bits per heavy atom. The number of halogens is 1. The summed E-state index contributed by atoms with van der Waals surface area (Å²) in [5, 5.41) is 0. The molecule has 0 amide bonds. The quantitative estimate of drug-likeness (QED) is 0.717. The lowest BCUT2D eigenvalue weighted by Crippen LogP contribution is -2.37. The molecular formula is C13H18FNO4S. The molecule has 20 heavy (non-hydrogen) atoms. The highest BCUT2D eigenvalue weighted by Crippen LogP contribution is 2.11. The van der Waals surface area contributed by atoms with Crippen LogP contribution in [0.15, 0.2) is 24.3 Å². The first-order valence-corrected chi connectivity index (χ1v) is 7.87. The minimum absolute atomic E-state index is 0.169. The molecule has 112 valence electrons. The van der Waals surface area contributed by atoms with Crippen molar-refractivity contribution in [3.8, 4) is 0 Å². The first-order chi connectivity index (χ1) is 9.39. The van der Waals surface area contributed by atoms with Gasteiger partial charge in [0.15, 0.2) is 0 Å². The zero-order valence-electron chi connectivity index (χ0n) is 11.5. The Morgan fingerprint density at radius 2 is 1.85 bits per heavy atom. The van der Waals surface area contributed by atoms with Crippen LogP contribution in [0, 0.1) is 5.82 Å². The van der Waals surface area contributed by atoms with Gasteiger partial charge in [-0.1, -0.05) is 19.1 Å². The van der Waals surface area contributed by atoms with Crippen LogP contribution in [0.1, 0.15) is 19.4 Å².